The number of carbonyl (C=O) groups is 2. The highest BCUT2D eigenvalue weighted by Gasteiger charge is 2.10. The first kappa shape index (κ1) is 18.6. The summed E-state index contributed by atoms with van der Waals surface area (Å²) >= 11 is 4.99. The Morgan fingerprint density at radius 1 is 1.23 bits per heavy atom. The van der Waals surface area contributed by atoms with E-state index in [-0.39, 0.29) is 10.4 Å². The monoisotopic (exact) mass is 359 g/mol. The van der Waals surface area contributed by atoms with Gasteiger partial charge in [0.05, 0.1) is 18.5 Å². The fourth-order valence-electron chi connectivity index (χ4n) is 1.31. The van der Waals surface area contributed by atoms with E-state index in [1.54, 1.807) is 24.3 Å². The molecule has 0 spiro atoms. The Kier molecular flexibility index (Phi) is 8.71. The van der Waals surface area contributed by atoms with Crippen molar-refractivity contribution in [3.63, 3.8) is 0 Å². The molecule has 0 bridgehead atoms. The molecule has 6 nitrogen and oxygen atoms in total. The number of methoxy groups -OCH3 is 1. The molecule has 0 aromatic heterocycles. The van der Waals surface area contributed by atoms with Crippen LogP contribution in [0.4, 0.5) is 21.0 Å². The van der Waals surface area contributed by atoms with Gasteiger partial charge in [0.1, 0.15) is 0 Å². The van der Waals surface area contributed by atoms with Crippen LogP contribution in [0.2, 0.25) is 0 Å². The summed E-state index contributed by atoms with van der Waals surface area (Å²) < 4.78 is 4.45. The van der Waals surface area contributed by atoms with Crippen molar-refractivity contribution >= 4 is 61.6 Å². The van der Waals surface area contributed by atoms with Crippen LogP contribution in [0.15, 0.2) is 24.3 Å². The van der Waals surface area contributed by atoms with E-state index in [2.05, 4.69) is 27.6 Å². The summed E-state index contributed by atoms with van der Waals surface area (Å²) in [6, 6.07) is 7.07. The third-order valence-corrected chi connectivity index (χ3v) is 4.69. The molecule has 9 heteroatoms. The molecule has 0 aliphatic heterocycles. The summed E-state index contributed by atoms with van der Waals surface area (Å²) in [7, 11) is 3.90. The Balaban J connectivity index is 2.63. The van der Waals surface area contributed by atoms with Crippen LogP contribution in [0, 0.1) is 0 Å². The normalized spacial score (nSPS) is 9.73. The quantitative estimate of drug-likeness (QED) is 0.415. The lowest BCUT2D eigenvalue weighted by Gasteiger charge is -2.13. The molecule has 22 heavy (non-hydrogen) atoms. The lowest BCUT2D eigenvalue weighted by atomic mass is 10.2. The number of hydrogen-bond acceptors (Lipinski definition) is 6. The van der Waals surface area contributed by atoms with Gasteiger partial charge >= 0.3 is 6.09 Å². The standard InChI is InChI=1S/C13H17N3O3S3/c1-3-8-21-22-13(18)15-10-7-5-4-6-9(10)14-11(20)16-12(17)19-2/h4-7H,3,8H2,1-2H3,(H,15,18)(H2,14,16,17,20). The van der Waals surface area contributed by atoms with Gasteiger partial charge in [-0.2, -0.15) is 0 Å². The number of hydrogen-bond donors (Lipinski definition) is 3. The zero-order chi connectivity index (χ0) is 16.4. The molecule has 0 saturated carbocycles. The number of rotatable bonds is 5. The molecule has 3 N–H and O–H groups in total. The fourth-order valence-corrected chi connectivity index (χ4v) is 3.21. The number of nitrogens with one attached hydrogen (secondary N) is 3. The molecule has 0 heterocycles. The molecule has 0 aliphatic carbocycles. The van der Waals surface area contributed by atoms with Crippen molar-refractivity contribution in [3.05, 3.63) is 24.3 Å². The Hall–Kier alpha value is -1.45. The molecular weight excluding hydrogens is 342 g/mol. The van der Waals surface area contributed by atoms with Crippen molar-refractivity contribution in [2.75, 3.05) is 23.5 Å². The predicted molar refractivity (Wildman–Crippen MR) is 97.6 cm³/mol. The van der Waals surface area contributed by atoms with E-state index in [4.69, 9.17) is 12.2 Å². The highest BCUT2D eigenvalue weighted by molar-refractivity contribution is 8.82. The molecule has 0 atom stereocenters. The van der Waals surface area contributed by atoms with Gasteiger partial charge in [-0.15, -0.1) is 0 Å². The second-order valence-corrected chi connectivity index (χ2v) is 6.73. The average Bonchev–Trinajstić information content (AvgIpc) is 2.49. The summed E-state index contributed by atoms with van der Waals surface area (Å²) in [6.45, 7) is 2.06. The van der Waals surface area contributed by atoms with Crippen LogP contribution in [-0.2, 0) is 4.74 Å². The van der Waals surface area contributed by atoms with Crippen molar-refractivity contribution in [2.24, 2.45) is 0 Å². The number of carbonyl (C=O) groups excluding carboxylic acids is 2. The minimum Gasteiger partial charge on any atom is -0.453 e. The molecule has 0 saturated heterocycles. The molecule has 0 unspecified atom stereocenters. The molecule has 120 valence electrons. The molecule has 1 rings (SSSR count). The van der Waals surface area contributed by atoms with E-state index in [0.717, 1.165) is 23.0 Å². The van der Waals surface area contributed by atoms with Gasteiger partial charge in [-0.3, -0.25) is 10.1 Å². The summed E-state index contributed by atoms with van der Waals surface area (Å²) in [5, 5.41) is 7.87. The first-order valence-electron chi connectivity index (χ1n) is 6.42. The number of ether oxygens (including phenoxy) is 1. The van der Waals surface area contributed by atoms with Gasteiger partial charge in [0.2, 0.25) is 0 Å². The second-order valence-electron chi connectivity index (χ2n) is 3.93. The van der Waals surface area contributed by atoms with Crippen LogP contribution in [0.5, 0.6) is 0 Å². The van der Waals surface area contributed by atoms with Crippen LogP contribution >= 0.6 is 33.8 Å². The maximum atomic E-state index is 11.8. The van der Waals surface area contributed by atoms with Crippen LogP contribution in [-0.4, -0.2) is 29.3 Å². The van der Waals surface area contributed by atoms with Gasteiger partial charge in [-0.05, 0) is 30.8 Å². The number of amides is 2. The number of benzene rings is 1. The van der Waals surface area contributed by atoms with E-state index in [0.29, 0.717) is 11.4 Å². The largest absolute Gasteiger partial charge is 0.453 e. The maximum Gasteiger partial charge on any atom is 0.413 e. The van der Waals surface area contributed by atoms with Crippen molar-refractivity contribution < 1.29 is 14.3 Å². The van der Waals surface area contributed by atoms with Gasteiger partial charge in [0.15, 0.2) is 5.11 Å². The van der Waals surface area contributed by atoms with E-state index in [1.807, 2.05) is 0 Å². The van der Waals surface area contributed by atoms with Crippen LogP contribution in [0.1, 0.15) is 13.3 Å². The maximum absolute atomic E-state index is 11.8. The fraction of sp³-hybridized carbons (Fsp3) is 0.308. The lowest BCUT2D eigenvalue weighted by Crippen LogP contribution is -2.34. The summed E-state index contributed by atoms with van der Waals surface area (Å²) in [4.78, 5) is 22.9. The van der Waals surface area contributed by atoms with Crippen molar-refractivity contribution in [2.45, 2.75) is 13.3 Å². The lowest BCUT2D eigenvalue weighted by molar-refractivity contribution is 0.177. The van der Waals surface area contributed by atoms with Crippen molar-refractivity contribution in [1.82, 2.24) is 5.32 Å². The minimum atomic E-state index is -0.662. The van der Waals surface area contributed by atoms with Gasteiger partial charge in [0.25, 0.3) is 5.24 Å². The highest BCUT2D eigenvalue weighted by Crippen LogP contribution is 2.27. The third kappa shape index (κ3) is 7.01. The minimum absolute atomic E-state index is 0.0848. The Morgan fingerprint density at radius 2 is 1.86 bits per heavy atom. The topological polar surface area (TPSA) is 79.5 Å². The Labute approximate surface area is 142 Å². The third-order valence-electron chi connectivity index (χ3n) is 2.24. The zero-order valence-electron chi connectivity index (χ0n) is 12.2. The van der Waals surface area contributed by atoms with Gasteiger partial charge in [-0.25, -0.2) is 4.79 Å². The van der Waals surface area contributed by atoms with E-state index >= 15 is 0 Å². The second kappa shape index (κ2) is 10.3. The first-order chi connectivity index (χ1) is 10.6. The van der Waals surface area contributed by atoms with E-state index in [9.17, 15) is 9.59 Å². The molecular formula is C13H17N3O3S3. The summed E-state index contributed by atoms with van der Waals surface area (Å²) in [5.74, 6) is 0.908. The highest BCUT2D eigenvalue weighted by atomic mass is 33.1. The predicted octanol–water partition coefficient (Wildman–Crippen LogP) is 4.06. The summed E-state index contributed by atoms with van der Waals surface area (Å²) in [6.07, 6.45) is 0.349. The molecule has 1 aromatic rings. The summed E-state index contributed by atoms with van der Waals surface area (Å²) in [5.41, 5.74) is 1.16. The average molecular weight is 359 g/mol. The smallest absolute Gasteiger partial charge is 0.413 e. The van der Waals surface area contributed by atoms with Gasteiger partial charge in [-0.1, -0.05) is 29.9 Å². The van der Waals surface area contributed by atoms with Gasteiger partial charge < -0.3 is 15.4 Å². The van der Waals surface area contributed by atoms with E-state index < -0.39 is 6.09 Å². The Bertz CT molecular complexity index is 540. The van der Waals surface area contributed by atoms with E-state index in [1.165, 1.54) is 17.9 Å². The van der Waals surface area contributed by atoms with Crippen molar-refractivity contribution in [1.29, 1.82) is 0 Å². The van der Waals surface area contributed by atoms with Crippen LogP contribution in [0.3, 0.4) is 0 Å². The number of thiocarbonyl (C=S) groups is 1. The number of alkyl carbamates (subject to hydrolysis) is 1. The first-order valence-corrected chi connectivity index (χ1v) is 9.15. The molecule has 0 radical (unpaired) electrons. The molecule has 0 aliphatic rings. The Morgan fingerprint density at radius 3 is 2.45 bits per heavy atom. The van der Waals surface area contributed by atoms with Crippen molar-refractivity contribution in [3.8, 4) is 0 Å². The molecule has 0 fully saturated rings. The van der Waals surface area contributed by atoms with Crippen LogP contribution < -0.4 is 16.0 Å². The van der Waals surface area contributed by atoms with Gasteiger partial charge in [0, 0.05) is 16.5 Å². The SMILES string of the molecule is CCCSSC(=O)Nc1ccccc1NC(=S)NC(=O)OC. The number of anilines is 2. The molecule has 2 amide bonds. The van der Waals surface area contributed by atoms with Crippen LogP contribution in [0.25, 0.3) is 0 Å². The zero-order valence-corrected chi connectivity index (χ0v) is 14.6. The molecule has 1 aromatic carbocycles. The number of para-hydroxylation sites is 2.